The summed E-state index contributed by atoms with van der Waals surface area (Å²) in [6.45, 7) is 3.11. The summed E-state index contributed by atoms with van der Waals surface area (Å²) in [5.41, 5.74) is 0.854. The van der Waals surface area contributed by atoms with E-state index in [-0.39, 0.29) is 0 Å². The van der Waals surface area contributed by atoms with E-state index in [1.165, 1.54) is 19.3 Å². The fourth-order valence-corrected chi connectivity index (χ4v) is 2.05. The SMILES string of the molecule is CCCCCCNc1cc(Cl)c(Cl)cc1Cl. The van der Waals surface area contributed by atoms with Gasteiger partial charge < -0.3 is 5.32 Å². The molecule has 1 aromatic rings. The molecule has 1 aromatic carbocycles. The molecule has 0 bridgehead atoms. The fourth-order valence-electron chi connectivity index (χ4n) is 1.43. The third-order valence-electron chi connectivity index (χ3n) is 2.36. The number of halogens is 3. The third-order valence-corrected chi connectivity index (χ3v) is 3.39. The van der Waals surface area contributed by atoms with Crippen molar-refractivity contribution in [3.8, 4) is 0 Å². The molecule has 1 nitrogen and oxygen atoms in total. The predicted molar refractivity (Wildman–Crippen MR) is 74.1 cm³/mol. The molecule has 0 aliphatic heterocycles. The molecule has 0 fully saturated rings. The summed E-state index contributed by atoms with van der Waals surface area (Å²) < 4.78 is 0. The molecule has 0 saturated heterocycles. The van der Waals surface area contributed by atoms with Crippen LogP contribution in [0.15, 0.2) is 12.1 Å². The van der Waals surface area contributed by atoms with Crippen LogP contribution in [0, 0.1) is 0 Å². The van der Waals surface area contributed by atoms with Gasteiger partial charge in [-0.15, -0.1) is 0 Å². The van der Waals surface area contributed by atoms with E-state index in [1.54, 1.807) is 12.1 Å². The van der Waals surface area contributed by atoms with Crippen molar-refractivity contribution in [2.75, 3.05) is 11.9 Å². The first-order valence-electron chi connectivity index (χ1n) is 5.53. The van der Waals surface area contributed by atoms with Crippen LogP contribution in [0.2, 0.25) is 15.1 Å². The lowest BCUT2D eigenvalue weighted by Crippen LogP contribution is -2.01. The Morgan fingerprint density at radius 3 is 2.31 bits per heavy atom. The van der Waals surface area contributed by atoms with Gasteiger partial charge in [0, 0.05) is 6.54 Å². The van der Waals surface area contributed by atoms with Gasteiger partial charge in [-0.05, 0) is 18.6 Å². The van der Waals surface area contributed by atoms with Gasteiger partial charge in [0.25, 0.3) is 0 Å². The van der Waals surface area contributed by atoms with E-state index >= 15 is 0 Å². The Morgan fingerprint density at radius 1 is 0.938 bits per heavy atom. The van der Waals surface area contributed by atoms with Crippen LogP contribution in [0.5, 0.6) is 0 Å². The molecule has 1 rings (SSSR count). The highest BCUT2D eigenvalue weighted by molar-refractivity contribution is 6.44. The molecule has 0 aromatic heterocycles. The molecule has 0 heterocycles. The van der Waals surface area contributed by atoms with E-state index in [0.29, 0.717) is 15.1 Å². The minimum absolute atomic E-state index is 0.489. The van der Waals surface area contributed by atoms with Crippen LogP contribution in [0.4, 0.5) is 5.69 Å². The Kier molecular flexibility index (Phi) is 6.33. The van der Waals surface area contributed by atoms with Gasteiger partial charge in [0.2, 0.25) is 0 Å². The number of benzene rings is 1. The first kappa shape index (κ1) is 14.0. The normalized spacial score (nSPS) is 10.5. The van der Waals surface area contributed by atoms with Crippen molar-refractivity contribution < 1.29 is 0 Å². The average Bonchev–Trinajstić information content (AvgIpc) is 2.25. The lowest BCUT2D eigenvalue weighted by atomic mass is 10.2. The summed E-state index contributed by atoms with van der Waals surface area (Å²) in [5, 5.41) is 4.90. The summed E-state index contributed by atoms with van der Waals surface area (Å²) >= 11 is 17.8. The Hall–Kier alpha value is -0.110. The summed E-state index contributed by atoms with van der Waals surface area (Å²) in [7, 11) is 0. The van der Waals surface area contributed by atoms with Gasteiger partial charge in [-0.2, -0.15) is 0 Å². The number of hydrogen-bond donors (Lipinski definition) is 1. The van der Waals surface area contributed by atoms with Crippen LogP contribution in [0.1, 0.15) is 32.6 Å². The molecule has 0 unspecified atom stereocenters. The molecule has 0 aliphatic carbocycles. The van der Waals surface area contributed by atoms with Crippen LogP contribution < -0.4 is 5.32 Å². The molecule has 4 heteroatoms. The standard InChI is InChI=1S/C12H16Cl3N/c1-2-3-4-5-6-16-12-8-10(14)9(13)7-11(12)15/h7-8,16H,2-6H2,1H3. The minimum Gasteiger partial charge on any atom is -0.384 e. The lowest BCUT2D eigenvalue weighted by Gasteiger charge is -2.09. The molecule has 0 saturated carbocycles. The number of rotatable bonds is 6. The van der Waals surface area contributed by atoms with Crippen LogP contribution in [-0.4, -0.2) is 6.54 Å². The van der Waals surface area contributed by atoms with Crippen LogP contribution in [0.3, 0.4) is 0 Å². The van der Waals surface area contributed by atoms with E-state index < -0.39 is 0 Å². The Morgan fingerprint density at radius 2 is 1.62 bits per heavy atom. The number of hydrogen-bond acceptors (Lipinski definition) is 1. The first-order valence-corrected chi connectivity index (χ1v) is 6.67. The third kappa shape index (κ3) is 4.40. The maximum absolute atomic E-state index is 6.04. The van der Waals surface area contributed by atoms with Crippen LogP contribution in [0.25, 0.3) is 0 Å². The number of anilines is 1. The molecule has 0 amide bonds. The quantitative estimate of drug-likeness (QED) is 0.525. The van der Waals surface area contributed by atoms with Gasteiger partial charge in [0.15, 0.2) is 0 Å². The van der Waals surface area contributed by atoms with Gasteiger partial charge in [-0.3, -0.25) is 0 Å². The Bertz CT molecular complexity index is 339. The van der Waals surface area contributed by atoms with Gasteiger partial charge in [-0.25, -0.2) is 0 Å². The highest BCUT2D eigenvalue weighted by Crippen LogP contribution is 2.32. The summed E-state index contributed by atoms with van der Waals surface area (Å²) in [6, 6.07) is 3.44. The molecule has 0 aliphatic rings. The zero-order chi connectivity index (χ0) is 12.0. The average molecular weight is 281 g/mol. The van der Waals surface area contributed by atoms with Gasteiger partial charge in [0.05, 0.1) is 20.8 Å². The lowest BCUT2D eigenvalue weighted by molar-refractivity contribution is 0.685. The van der Waals surface area contributed by atoms with Crippen LogP contribution >= 0.6 is 34.8 Å². The van der Waals surface area contributed by atoms with E-state index in [1.807, 2.05) is 0 Å². The summed E-state index contributed by atoms with van der Waals surface area (Å²) in [5.74, 6) is 0. The van der Waals surface area contributed by atoms with Crippen molar-refractivity contribution >= 4 is 40.5 Å². The van der Waals surface area contributed by atoms with Gasteiger partial charge in [-0.1, -0.05) is 61.0 Å². The molecule has 16 heavy (non-hydrogen) atoms. The van der Waals surface area contributed by atoms with Crippen molar-refractivity contribution in [1.82, 2.24) is 0 Å². The zero-order valence-corrected chi connectivity index (χ0v) is 11.6. The van der Waals surface area contributed by atoms with Crippen molar-refractivity contribution in [3.63, 3.8) is 0 Å². The summed E-state index contributed by atoms with van der Waals surface area (Å²) in [6.07, 6.45) is 4.90. The zero-order valence-electron chi connectivity index (χ0n) is 9.32. The van der Waals surface area contributed by atoms with E-state index in [9.17, 15) is 0 Å². The second-order valence-corrected chi connectivity index (χ2v) is 4.96. The highest BCUT2D eigenvalue weighted by Gasteiger charge is 2.04. The molecule has 0 spiro atoms. The molecular formula is C12H16Cl3N. The largest absolute Gasteiger partial charge is 0.384 e. The smallest absolute Gasteiger partial charge is 0.0653 e. The fraction of sp³-hybridized carbons (Fsp3) is 0.500. The Balaban J connectivity index is 2.45. The number of unbranched alkanes of at least 4 members (excludes halogenated alkanes) is 3. The second-order valence-electron chi connectivity index (χ2n) is 3.73. The predicted octanol–water partition coefficient (Wildman–Crippen LogP) is 5.64. The second kappa shape index (κ2) is 7.26. The van der Waals surface area contributed by atoms with Gasteiger partial charge >= 0.3 is 0 Å². The highest BCUT2D eigenvalue weighted by atomic mass is 35.5. The first-order chi connectivity index (χ1) is 7.65. The molecule has 90 valence electrons. The maximum atomic E-state index is 6.04. The van der Waals surface area contributed by atoms with Gasteiger partial charge in [0.1, 0.15) is 0 Å². The molecular weight excluding hydrogens is 264 g/mol. The Labute approximate surface area is 112 Å². The molecule has 0 radical (unpaired) electrons. The van der Waals surface area contributed by atoms with Crippen molar-refractivity contribution in [2.24, 2.45) is 0 Å². The van der Waals surface area contributed by atoms with E-state index in [0.717, 1.165) is 18.7 Å². The summed E-state index contributed by atoms with van der Waals surface area (Å²) in [4.78, 5) is 0. The van der Waals surface area contributed by atoms with Crippen LogP contribution in [-0.2, 0) is 0 Å². The maximum Gasteiger partial charge on any atom is 0.0653 e. The minimum atomic E-state index is 0.489. The van der Waals surface area contributed by atoms with Crippen molar-refractivity contribution in [2.45, 2.75) is 32.6 Å². The topological polar surface area (TPSA) is 12.0 Å². The number of nitrogens with one attached hydrogen (secondary N) is 1. The molecule has 1 N–H and O–H groups in total. The monoisotopic (exact) mass is 279 g/mol. The van der Waals surface area contributed by atoms with E-state index in [4.69, 9.17) is 34.8 Å². The van der Waals surface area contributed by atoms with Crippen molar-refractivity contribution in [1.29, 1.82) is 0 Å². The van der Waals surface area contributed by atoms with Crippen molar-refractivity contribution in [3.05, 3.63) is 27.2 Å². The molecule has 0 atom stereocenters. The van der Waals surface area contributed by atoms with E-state index in [2.05, 4.69) is 12.2 Å².